The van der Waals surface area contributed by atoms with Crippen LogP contribution in [0.3, 0.4) is 0 Å². The monoisotopic (exact) mass is 299 g/mol. The lowest BCUT2D eigenvalue weighted by Crippen LogP contribution is -2.04. The highest BCUT2D eigenvalue weighted by Gasteiger charge is 2.19. The van der Waals surface area contributed by atoms with Crippen molar-refractivity contribution in [3.63, 3.8) is 0 Å². The van der Waals surface area contributed by atoms with E-state index in [9.17, 15) is 13.6 Å². The number of carboxylic acids is 1. The maximum atomic E-state index is 12.4. The van der Waals surface area contributed by atoms with Gasteiger partial charge in [-0.3, -0.25) is 4.79 Å². The minimum absolute atomic E-state index is 0.0574. The standard InChI is InChI=1S/C8H5BrClF2NO2/c9-7-3(1-5(14)15)6(10)4(2-13-7)8(11)12/h2,8H,1H2,(H,14,15). The van der Waals surface area contributed by atoms with Crippen molar-refractivity contribution in [3.05, 3.63) is 26.9 Å². The van der Waals surface area contributed by atoms with E-state index in [2.05, 4.69) is 20.9 Å². The number of pyridine rings is 1. The van der Waals surface area contributed by atoms with Gasteiger partial charge in [0.25, 0.3) is 6.43 Å². The largest absolute Gasteiger partial charge is 0.481 e. The van der Waals surface area contributed by atoms with E-state index in [-0.39, 0.29) is 15.2 Å². The third-order valence-electron chi connectivity index (χ3n) is 1.65. The van der Waals surface area contributed by atoms with Crippen LogP contribution in [0.4, 0.5) is 8.78 Å². The van der Waals surface area contributed by atoms with Gasteiger partial charge in [0.15, 0.2) is 0 Å². The van der Waals surface area contributed by atoms with Crippen molar-refractivity contribution in [2.45, 2.75) is 12.8 Å². The van der Waals surface area contributed by atoms with E-state index >= 15 is 0 Å². The van der Waals surface area contributed by atoms with E-state index in [0.29, 0.717) is 0 Å². The van der Waals surface area contributed by atoms with Gasteiger partial charge < -0.3 is 5.11 Å². The molecule has 1 aromatic rings. The molecule has 1 heterocycles. The summed E-state index contributed by atoms with van der Waals surface area (Å²) in [4.78, 5) is 14.1. The molecular weight excluding hydrogens is 295 g/mol. The fourth-order valence-electron chi connectivity index (χ4n) is 0.979. The fourth-order valence-corrected chi connectivity index (χ4v) is 1.82. The molecule has 82 valence electrons. The van der Waals surface area contributed by atoms with Gasteiger partial charge in [-0.15, -0.1) is 0 Å². The molecule has 0 aliphatic heterocycles. The summed E-state index contributed by atoms with van der Waals surface area (Å²) < 4.78 is 24.9. The Bertz CT molecular complexity index is 400. The highest BCUT2D eigenvalue weighted by atomic mass is 79.9. The first kappa shape index (κ1) is 12.3. The molecule has 0 amide bonds. The molecule has 0 saturated carbocycles. The Kier molecular flexibility index (Phi) is 3.98. The summed E-state index contributed by atoms with van der Waals surface area (Å²) in [5.41, 5.74) is -0.405. The van der Waals surface area contributed by atoms with Gasteiger partial charge in [0.05, 0.1) is 17.0 Å². The van der Waals surface area contributed by atoms with Crippen molar-refractivity contribution in [2.75, 3.05) is 0 Å². The van der Waals surface area contributed by atoms with Crippen LogP contribution in [-0.4, -0.2) is 16.1 Å². The van der Waals surface area contributed by atoms with Gasteiger partial charge in [0.1, 0.15) is 4.60 Å². The van der Waals surface area contributed by atoms with E-state index in [1.807, 2.05) is 0 Å². The SMILES string of the molecule is O=C(O)Cc1c(Br)ncc(C(F)F)c1Cl. The summed E-state index contributed by atoms with van der Waals surface area (Å²) in [6.07, 6.45) is -2.30. The number of aromatic nitrogens is 1. The number of alkyl halides is 2. The molecular formula is C8H5BrClF2NO2. The van der Waals surface area contributed by atoms with E-state index < -0.39 is 24.4 Å². The van der Waals surface area contributed by atoms with Crippen LogP contribution < -0.4 is 0 Å². The number of hydrogen-bond acceptors (Lipinski definition) is 2. The lowest BCUT2D eigenvalue weighted by atomic mass is 10.1. The molecule has 0 aliphatic carbocycles. The van der Waals surface area contributed by atoms with Crippen LogP contribution >= 0.6 is 27.5 Å². The predicted octanol–water partition coefficient (Wildman–Crippen LogP) is 3.06. The van der Waals surface area contributed by atoms with Crippen LogP contribution in [0.5, 0.6) is 0 Å². The summed E-state index contributed by atoms with van der Waals surface area (Å²) in [7, 11) is 0. The molecule has 7 heteroatoms. The van der Waals surface area contributed by atoms with Gasteiger partial charge in [-0.25, -0.2) is 13.8 Å². The second-order valence-electron chi connectivity index (χ2n) is 2.67. The molecule has 1 rings (SSSR count). The zero-order valence-corrected chi connectivity index (χ0v) is 9.52. The first-order valence-electron chi connectivity index (χ1n) is 3.76. The molecule has 3 nitrogen and oxygen atoms in total. The van der Waals surface area contributed by atoms with Gasteiger partial charge in [0, 0.05) is 11.8 Å². The summed E-state index contributed by atoms with van der Waals surface area (Å²) >= 11 is 8.59. The third kappa shape index (κ3) is 2.85. The number of halogens is 4. The maximum absolute atomic E-state index is 12.4. The average Bonchev–Trinajstić information content (AvgIpc) is 2.11. The Hall–Kier alpha value is -0.750. The van der Waals surface area contributed by atoms with Crippen molar-refractivity contribution in [2.24, 2.45) is 0 Å². The van der Waals surface area contributed by atoms with Crippen molar-refractivity contribution in [3.8, 4) is 0 Å². The molecule has 0 aliphatic rings. The van der Waals surface area contributed by atoms with Crippen molar-refractivity contribution >= 4 is 33.5 Å². The van der Waals surface area contributed by atoms with Gasteiger partial charge in [-0.2, -0.15) is 0 Å². The van der Waals surface area contributed by atoms with Crippen molar-refractivity contribution in [1.29, 1.82) is 0 Å². The number of carboxylic acid groups (broad SMARTS) is 1. The number of aliphatic carboxylic acids is 1. The minimum atomic E-state index is -2.77. The molecule has 0 bridgehead atoms. The summed E-state index contributed by atoms with van der Waals surface area (Å²) in [6.45, 7) is 0. The topological polar surface area (TPSA) is 50.2 Å². The second kappa shape index (κ2) is 4.85. The van der Waals surface area contributed by atoms with E-state index in [4.69, 9.17) is 16.7 Å². The highest BCUT2D eigenvalue weighted by molar-refractivity contribution is 9.10. The molecule has 0 unspecified atom stereocenters. The summed E-state index contributed by atoms with van der Waals surface area (Å²) in [5, 5.41) is 8.30. The molecule has 0 atom stereocenters. The minimum Gasteiger partial charge on any atom is -0.481 e. The lowest BCUT2D eigenvalue weighted by Gasteiger charge is -2.08. The molecule has 0 fully saturated rings. The van der Waals surface area contributed by atoms with Gasteiger partial charge >= 0.3 is 5.97 Å². The number of hydrogen-bond donors (Lipinski definition) is 1. The summed E-state index contributed by atoms with van der Waals surface area (Å²) in [6, 6.07) is 0. The zero-order chi connectivity index (χ0) is 11.6. The predicted molar refractivity (Wildman–Crippen MR) is 53.2 cm³/mol. The number of carbonyl (C=O) groups is 1. The van der Waals surface area contributed by atoms with Crippen LogP contribution in [-0.2, 0) is 11.2 Å². The Balaban J connectivity index is 3.23. The number of nitrogens with zero attached hydrogens (tertiary/aromatic N) is 1. The molecule has 0 aromatic carbocycles. The van der Waals surface area contributed by atoms with Crippen molar-refractivity contribution in [1.82, 2.24) is 4.98 Å². The van der Waals surface area contributed by atoms with Crippen LogP contribution in [0.1, 0.15) is 17.6 Å². The Morgan fingerprint density at radius 1 is 1.67 bits per heavy atom. The first-order valence-corrected chi connectivity index (χ1v) is 4.93. The molecule has 1 aromatic heterocycles. The van der Waals surface area contributed by atoms with Gasteiger partial charge in [-0.1, -0.05) is 11.6 Å². The average molecular weight is 300 g/mol. The Labute approximate surface area is 97.2 Å². The quantitative estimate of drug-likeness (QED) is 0.873. The van der Waals surface area contributed by atoms with Crippen LogP contribution in [0.15, 0.2) is 10.8 Å². The van der Waals surface area contributed by atoms with Gasteiger partial charge in [0.2, 0.25) is 0 Å². The zero-order valence-electron chi connectivity index (χ0n) is 7.18. The van der Waals surface area contributed by atoms with Crippen molar-refractivity contribution < 1.29 is 18.7 Å². The van der Waals surface area contributed by atoms with E-state index in [0.717, 1.165) is 6.20 Å². The van der Waals surface area contributed by atoms with Crippen LogP contribution in [0.25, 0.3) is 0 Å². The maximum Gasteiger partial charge on any atom is 0.307 e. The number of rotatable bonds is 3. The lowest BCUT2D eigenvalue weighted by molar-refractivity contribution is -0.136. The Morgan fingerprint density at radius 3 is 2.73 bits per heavy atom. The molecule has 0 radical (unpaired) electrons. The third-order valence-corrected chi connectivity index (χ3v) is 2.78. The molecule has 15 heavy (non-hydrogen) atoms. The second-order valence-corrected chi connectivity index (χ2v) is 3.80. The fraction of sp³-hybridized carbons (Fsp3) is 0.250. The van der Waals surface area contributed by atoms with Crippen LogP contribution in [0, 0.1) is 0 Å². The van der Waals surface area contributed by atoms with Gasteiger partial charge in [-0.05, 0) is 15.9 Å². The highest BCUT2D eigenvalue weighted by Crippen LogP contribution is 2.32. The normalized spacial score (nSPS) is 10.7. The summed E-state index contributed by atoms with van der Waals surface area (Å²) in [5.74, 6) is -1.16. The molecule has 1 N–H and O–H groups in total. The molecule has 0 saturated heterocycles. The van der Waals surface area contributed by atoms with E-state index in [1.165, 1.54) is 0 Å². The Morgan fingerprint density at radius 2 is 2.27 bits per heavy atom. The molecule has 0 spiro atoms. The first-order chi connectivity index (χ1) is 6.93. The smallest absolute Gasteiger partial charge is 0.307 e. The van der Waals surface area contributed by atoms with Crippen LogP contribution in [0.2, 0.25) is 5.02 Å². The van der Waals surface area contributed by atoms with E-state index in [1.54, 1.807) is 0 Å².